The van der Waals surface area contributed by atoms with Crippen molar-refractivity contribution in [3.8, 4) is 51.0 Å². The fourth-order valence-electron chi connectivity index (χ4n) is 4.33. The topological polar surface area (TPSA) is 114 Å². The van der Waals surface area contributed by atoms with E-state index in [1.54, 1.807) is 30.3 Å². The highest BCUT2D eigenvalue weighted by atomic mass is 32.2. The molecule has 0 aliphatic carbocycles. The van der Waals surface area contributed by atoms with E-state index in [4.69, 9.17) is 22.6 Å². The van der Waals surface area contributed by atoms with Gasteiger partial charge >= 0.3 is 26.4 Å². The molecule has 0 unspecified atom stereocenters. The summed E-state index contributed by atoms with van der Waals surface area (Å²) in [4.78, 5) is 0. The van der Waals surface area contributed by atoms with Gasteiger partial charge in [0.15, 0.2) is 11.5 Å². The van der Waals surface area contributed by atoms with Crippen LogP contribution < -0.4 is 22.6 Å². The Morgan fingerprint density at radius 2 is 1.30 bits per heavy atom. The van der Waals surface area contributed by atoms with Gasteiger partial charge in [0.05, 0.1) is 37.9 Å². The third-order valence-electron chi connectivity index (χ3n) is 6.08. The number of rotatable bonds is 11. The van der Waals surface area contributed by atoms with E-state index in [-0.39, 0.29) is 40.5 Å². The van der Waals surface area contributed by atoms with Gasteiger partial charge in [-0.3, -0.25) is 0 Å². The normalized spacial score (nSPS) is 12.0. The van der Waals surface area contributed by atoms with Gasteiger partial charge < -0.3 is 22.6 Å². The van der Waals surface area contributed by atoms with Crippen LogP contribution in [0.2, 0.25) is 0 Å². The molecule has 0 atom stereocenters. The lowest BCUT2D eigenvalue weighted by molar-refractivity contribution is -0.139. The number of alkyl halides is 3. The summed E-state index contributed by atoms with van der Waals surface area (Å²) in [5, 5.41) is 0. The zero-order valence-electron chi connectivity index (χ0n) is 23.8. The van der Waals surface area contributed by atoms with Gasteiger partial charge in [-0.25, -0.2) is 0 Å². The molecule has 0 amide bonds. The van der Waals surface area contributed by atoms with Crippen LogP contribution in [-0.2, 0) is 33.0 Å². The number of hydrogen-bond donors (Lipinski definition) is 0. The lowest BCUT2D eigenvalue weighted by atomic mass is 9.95. The summed E-state index contributed by atoms with van der Waals surface area (Å²) in [5.41, 5.74) is -0.0467. The van der Waals surface area contributed by atoms with Gasteiger partial charge in [-0.1, -0.05) is 48.5 Å². The molecule has 4 rings (SSSR count). The van der Waals surface area contributed by atoms with Crippen LogP contribution in [0.3, 0.4) is 0 Å². The van der Waals surface area contributed by atoms with Crippen molar-refractivity contribution in [2.24, 2.45) is 0 Å². The molecule has 0 saturated carbocycles. The number of methoxy groups -OCH3 is 2. The Bertz CT molecular complexity index is 1860. The summed E-state index contributed by atoms with van der Waals surface area (Å²) >= 11 is 0. The van der Waals surface area contributed by atoms with Crippen LogP contribution in [0.5, 0.6) is 28.7 Å². The molecule has 0 fully saturated rings. The molecule has 0 aliphatic heterocycles. The van der Waals surface area contributed by atoms with Crippen molar-refractivity contribution >= 4 is 20.2 Å². The standard InChI is InChI=1S/C30H27F3O9S2/c1-38-26-17-23(20-10-13-22(14-11-20)41-43(3,34)35)28(39-2)29(42-44(4,36)37)27(26)21-12-15-25(24(16-21)30(31,32)33)40-18-19-8-6-5-7-9-19/h5-17H,18H2,1-4H3. The number of ether oxygens (including phenoxy) is 3. The Morgan fingerprint density at radius 3 is 1.84 bits per heavy atom. The van der Waals surface area contributed by atoms with Gasteiger partial charge in [-0.15, -0.1) is 0 Å². The minimum atomic E-state index is -4.84. The highest BCUT2D eigenvalue weighted by Crippen LogP contribution is 2.52. The van der Waals surface area contributed by atoms with Crippen LogP contribution in [0, 0.1) is 0 Å². The Morgan fingerprint density at radius 1 is 0.682 bits per heavy atom. The van der Waals surface area contributed by atoms with Crippen LogP contribution in [0.4, 0.5) is 13.2 Å². The van der Waals surface area contributed by atoms with Gasteiger partial charge in [-0.05, 0) is 47.0 Å². The zero-order chi connectivity index (χ0) is 32.3. The lowest BCUT2D eigenvalue weighted by Gasteiger charge is -2.22. The van der Waals surface area contributed by atoms with E-state index in [1.807, 2.05) is 0 Å². The third kappa shape index (κ3) is 7.94. The first kappa shape index (κ1) is 32.5. The highest BCUT2D eigenvalue weighted by molar-refractivity contribution is 7.86. The molecular formula is C30H27F3O9S2. The fraction of sp³-hybridized carbons (Fsp3) is 0.200. The van der Waals surface area contributed by atoms with Crippen LogP contribution in [-0.4, -0.2) is 43.6 Å². The molecule has 0 spiro atoms. The van der Waals surface area contributed by atoms with E-state index in [9.17, 15) is 30.0 Å². The molecule has 0 aliphatic rings. The Kier molecular flexibility index (Phi) is 9.35. The largest absolute Gasteiger partial charge is 0.496 e. The summed E-state index contributed by atoms with van der Waals surface area (Å²) in [6.45, 7) is -0.119. The van der Waals surface area contributed by atoms with Crippen LogP contribution in [0.25, 0.3) is 22.3 Å². The summed E-state index contributed by atoms with van der Waals surface area (Å²) in [5.74, 6) is -1.02. The second-order valence-electron chi connectivity index (χ2n) is 9.45. The maximum atomic E-state index is 14.3. The first-order valence-electron chi connectivity index (χ1n) is 12.7. The molecule has 0 N–H and O–H groups in total. The molecule has 44 heavy (non-hydrogen) atoms. The van der Waals surface area contributed by atoms with E-state index >= 15 is 0 Å². The maximum absolute atomic E-state index is 14.3. The lowest BCUT2D eigenvalue weighted by Crippen LogP contribution is -2.11. The van der Waals surface area contributed by atoms with Gasteiger partial charge in [0, 0.05) is 5.56 Å². The van der Waals surface area contributed by atoms with Crippen molar-refractivity contribution in [1.82, 2.24) is 0 Å². The van der Waals surface area contributed by atoms with Crippen molar-refractivity contribution in [2.45, 2.75) is 12.8 Å². The molecule has 0 saturated heterocycles. The highest BCUT2D eigenvalue weighted by Gasteiger charge is 2.36. The van der Waals surface area contributed by atoms with Gasteiger partial charge in [0.1, 0.15) is 23.9 Å². The molecule has 0 aromatic heterocycles. The molecule has 234 valence electrons. The van der Waals surface area contributed by atoms with Crippen LogP contribution in [0.1, 0.15) is 11.1 Å². The van der Waals surface area contributed by atoms with Gasteiger partial charge in [-0.2, -0.15) is 30.0 Å². The monoisotopic (exact) mass is 652 g/mol. The first-order valence-corrected chi connectivity index (χ1v) is 16.3. The number of halogens is 3. The van der Waals surface area contributed by atoms with Crippen molar-refractivity contribution in [3.63, 3.8) is 0 Å². The second kappa shape index (κ2) is 12.7. The first-order chi connectivity index (χ1) is 20.6. The average Bonchev–Trinajstić information content (AvgIpc) is 2.94. The van der Waals surface area contributed by atoms with E-state index in [0.717, 1.165) is 24.6 Å². The van der Waals surface area contributed by atoms with Crippen molar-refractivity contribution in [1.29, 1.82) is 0 Å². The van der Waals surface area contributed by atoms with Crippen molar-refractivity contribution < 1.29 is 52.6 Å². The summed E-state index contributed by atoms with van der Waals surface area (Å²) < 4.78 is 117. The minimum absolute atomic E-state index is 0.0145. The van der Waals surface area contributed by atoms with E-state index in [0.29, 0.717) is 11.1 Å². The summed E-state index contributed by atoms with van der Waals surface area (Å²) in [7, 11) is -5.56. The SMILES string of the molecule is COc1cc(-c2ccc(OS(C)(=O)=O)cc2)c(OC)c(OS(C)(=O)=O)c1-c1ccc(OCc2ccccc2)c(C(F)(F)F)c1. The predicted octanol–water partition coefficient (Wildman–Crippen LogP) is 6.31. The predicted molar refractivity (Wildman–Crippen MR) is 157 cm³/mol. The molecule has 4 aromatic rings. The van der Waals surface area contributed by atoms with Crippen molar-refractivity contribution in [2.75, 3.05) is 26.7 Å². The number of hydrogen-bond acceptors (Lipinski definition) is 9. The summed E-state index contributed by atoms with van der Waals surface area (Å²) in [6.07, 6.45) is -3.18. The Hall–Kier alpha value is -4.43. The third-order valence-corrected chi connectivity index (χ3v) is 7.05. The smallest absolute Gasteiger partial charge is 0.419 e. The molecule has 14 heteroatoms. The molecular weight excluding hydrogens is 625 g/mol. The Labute approximate surface area is 253 Å². The molecule has 9 nitrogen and oxygen atoms in total. The fourth-order valence-corrected chi connectivity index (χ4v) is 5.25. The Balaban J connectivity index is 1.90. The van der Waals surface area contributed by atoms with Crippen molar-refractivity contribution in [3.05, 3.63) is 90.0 Å². The summed E-state index contributed by atoms with van der Waals surface area (Å²) in [6, 6.07) is 19.0. The molecule has 4 aromatic carbocycles. The second-order valence-corrected chi connectivity index (χ2v) is 12.6. The van der Waals surface area contributed by atoms with Crippen LogP contribution in [0.15, 0.2) is 78.9 Å². The maximum Gasteiger partial charge on any atom is 0.419 e. The molecule has 0 radical (unpaired) electrons. The minimum Gasteiger partial charge on any atom is -0.496 e. The molecule has 0 heterocycles. The van der Waals surface area contributed by atoms with E-state index in [2.05, 4.69) is 0 Å². The van der Waals surface area contributed by atoms with Gasteiger partial charge in [0.2, 0.25) is 0 Å². The number of benzene rings is 4. The molecule has 0 bridgehead atoms. The quantitative estimate of drug-likeness (QED) is 0.172. The van der Waals surface area contributed by atoms with E-state index < -0.39 is 43.5 Å². The van der Waals surface area contributed by atoms with Crippen LogP contribution >= 0.6 is 0 Å². The average molecular weight is 653 g/mol. The zero-order valence-corrected chi connectivity index (χ0v) is 25.5. The van der Waals surface area contributed by atoms with E-state index in [1.165, 1.54) is 50.6 Å². The van der Waals surface area contributed by atoms with Gasteiger partial charge in [0.25, 0.3) is 0 Å².